The summed E-state index contributed by atoms with van der Waals surface area (Å²) >= 11 is 0. The number of benzene rings is 1. The van der Waals surface area contributed by atoms with E-state index in [-0.39, 0.29) is 28.8 Å². The molecule has 0 spiro atoms. The molecule has 0 fully saturated rings. The highest BCUT2D eigenvalue weighted by Crippen LogP contribution is 2.18. The Labute approximate surface area is 117 Å². The number of halogens is 1. The molecular formula is C12H18FN3O3S. The lowest BCUT2D eigenvalue weighted by Gasteiger charge is -2.10. The molecule has 0 saturated heterocycles. The molecule has 0 aliphatic heterocycles. The number of amidine groups is 1. The molecule has 20 heavy (non-hydrogen) atoms. The summed E-state index contributed by atoms with van der Waals surface area (Å²) in [6.45, 7) is 3.81. The second-order valence-electron chi connectivity index (χ2n) is 4.78. The van der Waals surface area contributed by atoms with Crippen molar-refractivity contribution in [3.05, 3.63) is 29.6 Å². The first-order valence-corrected chi connectivity index (χ1v) is 7.68. The van der Waals surface area contributed by atoms with E-state index in [0.29, 0.717) is 6.42 Å². The summed E-state index contributed by atoms with van der Waals surface area (Å²) in [6.07, 6.45) is 0.485. The van der Waals surface area contributed by atoms with Gasteiger partial charge in [-0.05, 0) is 30.5 Å². The normalized spacial score (nSPS) is 12.7. The number of hydrogen-bond acceptors (Lipinski definition) is 4. The fourth-order valence-electron chi connectivity index (χ4n) is 1.42. The van der Waals surface area contributed by atoms with Crippen LogP contribution in [0.3, 0.4) is 0 Å². The minimum atomic E-state index is -3.59. The highest BCUT2D eigenvalue weighted by molar-refractivity contribution is 7.92. The van der Waals surface area contributed by atoms with Crippen LogP contribution in [0.15, 0.2) is 23.4 Å². The standard InChI is InChI=1S/C12H18FN3O3S/c1-8(2)5-6-20(18,19)16-11-4-3-9(7-10(11)13)12(14)15-17/h3-4,7-8,16-17H,5-6H2,1-2H3,(H2,14,15). The summed E-state index contributed by atoms with van der Waals surface area (Å²) in [7, 11) is -3.59. The van der Waals surface area contributed by atoms with E-state index >= 15 is 0 Å². The molecule has 112 valence electrons. The van der Waals surface area contributed by atoms with Gasteiger partial charge < -0.3 is 10.9 Å². The lowest BCUT2D eigenvalue weighted by Crippen LogP contribution is -2.19. The third-order valence-electron chi connectivity index (χ3n) is 2.60. The van der Waals surface area contributed by atoms with Gasteiger partial charge in [0.25, 0.3) is 0 Å². The summed E-state index contributed by atoms with van der Waals surface area (Å²) in [5.41, 5.74) is 5.31. The maximum atomic E-state index is 13.8. The molecular weight excluding hydrogens is 285 g/mol. The fourth-order valence-corrected chi connectivity index (χ4v) is 2.81. The molecule has 0 saturated carbocycles. The van der Waals surface area contributed by atoms with Crippen LogP contribution >= 0.6 is 0 Å². The van der Waals surface area contributed by atoms with Crippen molar-refractivity contribution in [2.75, 3.05) is 10.5 Å². The van der Waals surface area contributed by atoms with Crippen LogP contribution in [0.5, 0.6) is 0 Å². The topological polar surface area (TPSA) is 105 Å². The number of rotatable bonds is 6. The lowest BCUT2D eigenvalue weighted by molar-refractivity contribution is 0.318. The van der Waals surface area contributed by atoms with E-state index in [1.807, 2.05) is 13.8 Å². The Morgan fingerprint density at radius 1 is 1.50 bits per heavy atom. The van der Waals surface area contributed by atoms with Crippen LogP contribution in [0.1, 0.15) is 25.8 Å². The number of nitrogens with two attached hydrogens (primary N) is 1. The molecule has 0 unspecified atom stereocenters. The second-order valence-corrected chi connectivity index (χ2v) is 6.63. The van der Waals surface area contributed by atoms with Gasteiger partial charge in [-0.2, -0.15) is 0 Å². The monoisotopic (exact) mass is 303 g/mol. The molecule has 0 heterocycles. The second kappa shape index (κ2) is 6.56. The Morgan fingerprint density at radius 3 is 2.65 bits per heavy atom. The number of nitrogens with zero attached hydrogens (tertiary/aromatic N) is 1. The summed E-state index contributed by atoms with van der Waals surface area (Å²) in [4.78, 5) is 0. The van der Waals surface area contributed by atoms with Crippen molar-refractivity contribution in [3.8, 4) is 0 Å². The van der Waals surface area contributed by atoms with Gasteiger partial charge in [0.15, 0.2) is 5.84 Å². The molecule has 6 nitrogen and oxygen atoms in total. The number of oxime groups is 1. The highest BCUT2D eigenvalue weighted by atomic mass is 32.2. The van der Waals surface area contributed by atoms with Crippen LogP contribution in [0.4, 0.5) is 10.1 Å². The van der Waals surface area contributed by atoms with Crippen molar-refractivity contribution in [2.24, 2.45) is 16.8 Å². The summed E-state index contributed by atoms with van der Waals surface area (Å²) in [5, 5.41) is 11.2. The molecule has 0 aliphatic rings. The van der Waals surface area contributed by atoms with Crippen molar-refractivity contribution >= 4 is 21.5 Å². The molecule has 1 rings (SSSR count). The Balaban J connectivity index is 2.89. The Morgan fingerprint density at radius 2 is 2.15 bits per heavy atom. The van der Waals surface area contributed by atoms with E-state index < -0.39 is 15.8 Å². The van der Waals surface area contributed by atoms with Gasteiger partial charge in [0.1, 0.15) is 5.82 Å². The lowest BCUT2D eigenvalue weighted by atomic mass is 10.2. The van der Waals surface area contributed by atoms with E-state index in [0.717, 1.165) is 6.07 Å². The average molecular weight is 303 g/mol. The third-order valence-corrected chi connectivity index (χ3v) is 3.91. The van der Waals surface area contributed by atoms with E-state index in [1.165, 1.54) is 12.1 Å². The van der Waals surface area contributed by atoms with E-state index in [1.54, 1.807) is 0 Å². The molecule has 0 amide bonds. The zero-order valence-electron chi connectivity index (χ0n) is 11.3. The van der Waals surface area contributed by atoms with Gasteiger partial charge in [0, 0.05) is 5.56 Å². The van der Waals surface area contributed by atoms with Crippen LogP contribution in [-0.2, 0) is 10.0 Å². The van der Waals surface area contributed by atoms with Gasteiger partial charge in [-0.15, -0.1) is 0 Å². The van der Waals surface area contributed by atoms with E-state index in [2.05, 4.69) is 9.88 Å². The van der Waals surface area contributed by atoms with Crippen LogP contribution in [0.25, 0.3) is 0 Å². The van der Waals surface area contributed by atoms with Gasteiger partial charge in [0.05, 0.1) is 11.4 Å². The first-order valence-electron chi connectivity index (χ1n) is 6.03. The van der Waals surface area contributed by atoms with Crippen molar-refractivity contribution < 1.29 is 18.0 Å². The van der Waals surface area contributed by atoms with Gasteiger partial charge in [-0.25, -0.2) is 12.8 Å². The molecule has 0 atom stereocenters. The first kappa shape index (κ1) is 16.2. The van der Waals surface area contributed by atoms with Gasteiger partial charge in [0.2, 0.25) is 10.0 Å². The maximum Gasteiger partial charge on any atom is 0.232 e. The van der Waals surface area contributed by atoms with Crippen molar-refractivity contribution in [1.29, 1.82) is 0 Å². The third kappa shape index (κ3) is 4.69. The van der Waals surface area contributed by atoms with Crippen molar-refractivity contribution in [3.63, 3.8) is 0 Å². The minimum Gasteiger partial charge on any atom is -0.409 e. The van der Waals surface area contributed by atoms with Gasteiger partial charge in [-0.3, -0.25) is 4.72 Å². The van der Waals surface area contributed by atoms with Crippen molar-refractivity contribution in [1.82, 2.24) is 0 Å². The van der Waals surface area contributed by atoms with Crippen LogP contribution in [0, 0.1) is 11.7 Å². The van der Waals surface area contributed by atoms with Crippen molar-refractivity contribution in [2.45, 2.75) is 20.3 Å². The molecule has 0 bridgehead atoms. The smallest absolute Gasteiger partial charge is 0.232 e. The Hall–Kier alpha value is -1.83. The number of sulfonamides is 1. The predicted molar refractivity (Wildman–Crippen MR) is 75.8 cm³/mol. The quantitative estimate of drug-likeness (QED) is 0.322. The molecule has 0 radical (unpaired) electrons. The number of anilines is 1. The predicted octanol–water partition coefficient (Wildman–Crippen LogP) is 1.71. The highest BCUT2D eigenvalue weighted by Gasteiger charge is 2.14. The molecule has 4 N–H and O–H groups in total. The summed E-state index contributed by atoms with van der Waals surface area (Å²) in [6, 6.07) is 3.59. The summed E-state index contributed by atoms with van der Waals surface area (Å²) < 4.78 is 39.5. The molecule has 1 aromatic rings. The first-order chi connectivity index (χ1) is 9.25. The molecule has 8 heteroatoms. The Kier molecular flexibility index (Phi) is 5.32. The number of nitrogens with one attached hydrogen (secondary N) is 1. The molecule has 0 aromatic heterocycles. The summed E-state index contributed by atoms with van der Waals surface area (Å²) in [5.74, 6) is -0.883. The van der Waals surface area contributed by atoms with Crippen LogP contribution < -0.4 is 10.5 Å². The average Bonchev–Trinajstić information content (AvgIpc) is 2.38. The number of hydrogen-bond donors (Lipinski definition) is 3. The van der Waals surface area contributed by atoms with Gasteiger partial charge in [-0.1, -0.05) is 19.0 Å². The molecule has 1 aromatic carbocycles. The van der Waals surface area contributed by atoms with Gasteiger partial charge >= 0.3 is 0 Å². The Bertz CT molecular complexity index is 600. The fraction of sp³-hybridized carbons (Fsp3) is 0.417. The van der Waals surface area contributed by atoms with Crippen LogP contribution in [0.2, 0.25) is 0 Å². The maximum absolute atomic E-state index is 13.8. The zero-order chi connectivity index (χ0) is 15.3. The van der Waals surface area contributed by atoms with E-state index in [9.17, 15) is 12.8 Å². The largest absolute Gasteiger partial charge is 0.409 e. The SMILES string of the molecule is CC(C)CCS(=O)(=O)Nc1ccc(/C(N)=N/O)cc1F. The zero-order valence-corrected chi connectivity index (χ0v) is 12.1. The molecule has 0 aliphatic carbocycles. The van der Waals surface area contributed by atoms with E-state index in [4.69, 9.17) is 10.9 Å². The van der Waals surface area contributed by atoms with Crippen LogP contribution in [-0.4, -0.2) is 25.2 Å². The minimum absolute atomic E-state index is 0.0773.